The Morgan fingerprint density at radius 1 is 1.35 bits per heavy atom. The van der Waals surface area contributed by atoms with Gasteiger partial charge in [0.05, 0.1) is 12.2 Å². The van der Waals surface area contributed by atoms with Crippen molar-refractivity contribution in [1.82, 2.24) is 0 Å². The highest BCUT2D eigenvalue weighted by Gasteiger charge is 2.17. The van der Waals surface area contributed by atoms with Crippen LogP contribution >= 0.6 is 11.6 Å². The number of carbonyl (C=O) groups excluding carboxylic acids is 1. The van der Waals surface area contributed by atoms with Crippen molar-refractivity contribution < 1.29 is 9.21 Å². The molecule has 1 aromatic heterocycles. The van der Waals surface area contributed by atoms with E-state index in [1.807, 2.05) is 37.3 Å². The highest BCUT2D eigenvalue weighted by Crippen LogP contribution is 2.26. The number of hydrogen-bond acceptors (Lipinski definition) is 2. The fraction of sp³-hybridized carbons (Fsp3) is 0.214. The van der Waals surface area contributed by atoms with Gasteiger partial charge in [-0.15, -0.1) is 0 Å². The molecule has 0 bridgehead atoms. The molecule has 3 heteroatoms. The minimum Gasteiger partial charge on any atom is -0.468 e. The van der Waals surface area contributed by atoms with Crippen molar-refractivity contribution >= 4 is 17.9 Å². The topological polar surface area (TPSA) is 30.2 Å². The Balaban J connectivity index is 2.25. The Kier molecular flexibility index (Phi) is 3.64. The average molecular weight is 249 g/mol. The third-order valence-electron chi connectivity index (χ3n) is 2.80. The summed E-state index contributed by atoms with van der Waals surface area (Å²) >= 11 is 6.08. The first-order chi connectivity index (χ1) is 8.22. The summed E-state index contributed by atoms with van der Waals surface area (Å²) in [5.74, 6) is 0.449. The third-order valence-corrected chi connectivity index (χ3v) is 3.17. The van der Waals surface area contributed by atoms with Crippen LogP contribution in [0.5, 0.6) is 0 Å². The SMILES string of the molecule is Cc1ccoc1C(C=O)Cc1ccccc1Cl. The lowest BCUT2D eigenvalue weighted by Crippen LogP contribution is -2.05. The molecule has 88 valence electrons. The van der Waals surface area contributed by atoms with Crippen LogP contribution in [-0.2, 0) is 11.2 Å². The van der Waals surface area contributed by atoms with Gasteiger partial charge in [-0.2, -0.15) is 0 Å². The zero-order chi connectivity index (χ0) is 12.3. The van der Waals surface area contributed by atoms with Gasteiger partial charge in [0.25, 0.3) is 0 Å². The molecule has 0 saturated carbocycles. The number of halogens is 1. The van der Waals surface area contributed by atoms with Gasteiger partial charge in [-0.1, -0.05) is 29.8 Å². The van der Waals surface area contributed by atoms with Crippen LogP contribution in [0.2, 0.25) is 5.02 Å². The predicted molar refractivity (Wildman–Crippen MR) is 67.4 cm³/mol. The van der Waals surface area contributed by atoms with Crippen LogP contribution in [0.3, 0.4) is 0 Å². The molecule has 2 rings (SSSR count). The molecule has 1 heterocycles. The molecule has 2 nitrogen and oxygen atoms in total. The van der Waals surface area contributed by atoms with Crippen molar-refractivity contribution in [3.8, 4) is 0 Å². The molecule has 1 atom stereocenters. The lowest BCUT2D eigenvalue weighted by atomic mass is 9.96. The molecule has 0 amide bonds. The first-order valence-corrected chi connectivity index (χ1v) is 5.83. The summed E-state index contributed by atoms with van der Waals surface area (Å²) in [5.41, 5.74) is 1.95. The van der Waals surface area contributed by atoms with Crippen molar-refractivity contribution in [3.63, 3.8) is 0 Å². The van der Waals surface area contributed by atoms with E-state index in [2.05, 4.69) is 0 Å². The van der Waals surface area contributed by atoms with Crippen LogP contribution in [-0.4, -0.2) is 6.29 Å². The van der Waals surface area contributed by atoms with Gasteiger partial charge in [-0.3, -0.25) is 0 Å². The maximum absolute atomic E-state index is 11.2. The Labute approximate surface area is 105 Å². The van der Waals surface area contributed by atoms with E-state index in [0.717, 1.165) is 23.2 Å². The van der Waals surface area contributed by atoms with Crippen molar-refractivity contribution in [2.45, 2.75) is 19.3 Å². The van der Waals surface area contributed by atoms with Gasteiger partial charge in [-0.25, -0.2) is 0 Å². The third kappa shape index (κ3) is 2.59. The predicted octanol–water partition coefficient (Wildman–Crippen LogP) is 3.77. The fourth-order valence-corrected chi connectivity index (χ4v) is 2.08. The maximum Gasteiger partial charge on any atom is 0.130 e. The minimum atomic E-state index is -0.273. The highest BCUT2D eigenvalue weighted by molar-refractivity contribution is 6.31. The molecule has 1 aromatic carbocycles. The molecule has 0 aliphatic heterocycles. The van der Waals surface area contributed by atoms with Crippen molar-refractivity contribution in [2.75, 3.05) is 0 Å². The first-order valence-electron chi connectivity index (χ1n) is 5.45. The fourth-order valence-electron chi connectivity index (χ4n) is 1.87. The van der Waals surface area contributed by atoms with Gasteiger partial charge in [0.1, 0.15) is 12.0 Å². The lowest BCUT2D eigenvalue weighted by Gasteiger charge is -2.10. The molecule has 0 aliphatic rings. The molecule has 0 saturated heterocycles. The smallest absolute Gasteiger partial charge is 0.130 e. The van der Waals surface area contributed by atoms with E-state index in [1.54, 1.807) is 6.26 Å². The highest BCUT2D eigenvalue weighted by atomic mass is 35.5. The van der Waals surface area contributed by atoms with Crippen molar-refractivity contribution in [2.24, 2.45) is 0 Å². The van der Waals surface area contributed by atoms with E-state index in [0.29, 0.717) is 11.4 Å². The molecule has 0 radical (unpaired) electrons. The van der Waals surface area contributed by atoms with Crippen molar-refractivity contribution in [1.29, 1.82) is 0 Å². The Bertz CT molecular complexity index is 516. The first kappa shape index (κ1) is 11.9. The number of furan rings is 1. The molecule has 2 aromatic rings. The van der Waals surface area contributed by atoms with E-state index in [-0.39, 0.29) is 5.92 Å². The molecule has 17 heavy (non-hydrogen) atoms. The van der Waals surface area contributed by atoms with E-state index < -0.39 is 0 Å². The number of rotatable bonds is 4. The Morgan fingerprint density at radius 3 is 2.71 bits per heavy atom. The van der Waals surface area contributed by atoms with Crippen LogP contribution in [0, 0.1) is 6.92 Å². The lowest BCUT2D eigenvalue weighted by molar-refractivity contribution is -0.109. The number of benzene rings is 1. The summed E-state index contributed by atoms with van der Waals surface area (Å²) in [7, 11) is 0. The summed E-state index contributed by atoms with van der Waals surface area (Å²) < 4.78 is 5.36. The number of aldehydes is 1. The zero-order valence-corrected chi connectivity index (χ0v) is 10.3. The molecule has 0 aliphatic carbocycles. The molecule has 0 fully saturated rings. The average Bonchev–Trinajstić information content (AvgIpc) is 2.75. The second-order valence-corrected chi connectivity index (χ2v) is 4.41. The summed E-state index contributed by atoms with van der Waals surface area (Å²) in [6, 6.07) is 9.40. The van der Waals surface area contributed by atoms with Crippen LogP contribution in [0.15, 0.2) is 41.0 Å². The van der Waals surface area contributed by atoms with Crippen LogP contribution in [0.25, 0.3) is 0 Å². The number of carbonyl (C=O) groups is 1. The quantitative estimate of drug-likeness (QED) is 0.771. The zero-order valence-electron chi connectivity index (χ0n) is 9.52. The second-order valence-electron chi connectivity index (χ2n) is 4.01. The van der Waals surface area contributed by atoms with Crippen LogP contribution in [0.4, 0.5) is 0 Å². The van der Waals surface area contributed by atoms with Gasteiger partial charge >= 0.3 is 0 Å². The minimum absolute atomic E-state index is 0.273. The monoisotopic (exact) mass is 248 g/mol. The second kappa shape index (κ2) is 5.19. The molecule has 0 N–H and O–H groups in total. The molecular weight excluding hydrogens is 236 g/mol. The molecular formula is C14H13ClO2. The van der Waals surface area contributed by atoms with E-state index >= 15 is 0 Å². The van der Waals surface area contributed by atoms with Crippen LogP contribution in [0.1, 0.15) is 22.8 Å². The normalized spacial score (nSPS) is 12.4. The summed E-state index contributed by atoms with van der Waals surface area (Å²) in [5, 5.41) is 0.684. The Hall–Kier alpha value is -1.54. The van der Waals surface area contributed by atoms with Crippen LogP contribution < -0.4 is 0 Å². The molecule has 0 spiro atoms. The van der Waals surface area contributed by atoms with Gasteiger partial charge in [0, 0.05) is 5.02 Å². The van der Waals surface area contributed by atoms with Gasteiger partial charge in [-0.05, 0) is 36.6 Å². The number of hydrogen-bond donors (Lipinski definition) is 0. The van der Waals surface area contributed by atoms with Gasteiger partial charge in [0.2, 0.25) is 0 Å². The summed E-state index contributed by atoms with van der Waals surface area (Å²) in [6.45, 7) is 1.93. The van der Waals surface area contributed by atoms with Crippen molar-refractivity contribution in [3.05, 3.63) is 58.5 Å². The van der Waals surface area contributed by atoms with E-state index in [4.69, 9.17) is 16.0 Å². The van der Waals surface area contributed by atoms with Gasteiger partial charge < -0.3 is 9.21 Å². The summed E-state index contributed by atoms with van der Waals surface area (Å²) in [6.07, 6.45) is 3.08. The van der Waals surface area contributed by atoms with Gasteiger partial charge in [0.15, 0.2) is 0 Å². The van der Waals surface area contributed by atoms with E-state index in [9.17, 15) is 4.79 Å². The number of aryl methyl sites for hydroxylation is 1. The van der Waals surface area contributed by atoms with E-state index in [1.165, 1.54) is 0 Å². The molecule has 1 unspecified atom stereocenters. The Morgan fingerprint density at radius 2 is 2.12 bits per heavy atom. The summed E-state index contributed by atoms with van der Waals surface area (Å²) in [4.78, 5) is 11.2. The standard InChI is InChI=1S/C14H13ClO2/c1-10-6-7-17-14(10)12(9-16)8-11-4-2-3-5-13(11)15/h2-7,9,12H,8H2,1H3. The largest absolute Gasteiger partial charge is 0.468 e. The maximum atomic E-state index is 11.2.